The van der Waals surface area contributed by atoms with Gasteiger partial charge in [-0.05, 0) is 20.8 Å². The Balaban J connectivity index is 2.10. The maximum atomic E-state index is 5.09. The topological polar surface area (TPSA) is 30.3 Å². The maximum Gasteiger partial charge on any atom is 0.0659 e. The van der Waals surface area contributed by atoms with Gasteiger partial charge in [-0.1, -0.05) is 0 Å². The monoisotopic (exact) mass is 223 g/mol. The fourth-order valence-corrected chi connectivity index (χ4v) is 2.05. The van der Waals surface area contributed by atoms with Crippen molar-refractivity contribution in [3.8, 4) is 0 Å². The van der Waals surface area contributed by atoms with Crippen LogP contribution in [0.4, 0.5) is 0 Å². The van der Waals surface area contributed by atoms with Gasteiger partial charge in [-0.15, -0.1) is 0 Å². The number of aromatic nitrogens is 2. The van der Waals surface area contributed by atoms with Gasteiger partial charge in [0.25, 0.3) is 0 Å². The smallest absolute Gasteiger partial charge is 0.0659 e. The molecule has 0 bridgehead atoms. The number of fused-ring (bicyclic) bond motifs is 1. The molecule has 0 N–H and O–H groups in total. The van der Waals surface area contributed by atoms with Gasteiger partial charge >= 0.3 is 0 Å². The van der Waals surface area contributed by atoms with Crippen molar-refractivity contribution in [3.63, 3.8) is 0 Å². The summed E-state index contributed by atoms with van der Waals surface area (Å²) < 4.78 is 7.17. The molecule has 4 nitrogen and oxygen atoms in total. The number of rotatable bonds is 3. The van der Waals surface area contributed by atoms with Crippen molar-refractivity contribution in [2.24, 2.45) is 0 Å². The van der Waals surface area contributed by atoms with E-state index in [1.54, 1.807) is 7.11 Å². The summed E-state index contributed by atoms with van der Waals surface area (Å²) in [5, 5.41) is 4.40. The van der Waals surface area contributed by atoms with Crippen LogP contribution in [0.15, 0.2) is 6.20 Å². The lowest BCUT2D eigenvalue weighted by Crippen LogP contribution is -2.37. The van der Waals surface area contributed by atoms with E-state index in [0.717, 1.165) is 26.2 Å². The third-order valence-electron chi connectivity index (χ3n) is 3.19. The van der Waals surface area contributed by atoms with Gasteiger partial charge in [0.05, 0.1) is 25.0 Å². The van der Waals surface area contributed by atoms with Crippen molar-refractivity contribution < 1.29 is 4.74 Å². The van der Waals surface area contributed by atoms with Crippen LogP contribution in [0.5, 0.6) is 0 Å². The predicted octanol–water partition coefficient (Wildman–Crippen LogP) is 1.64. The molecule has 16 heavy (non-hydrogen) atoms. The van der Waals surface area contributed by atoms with Crippen LogP contribution in [0.25, 0.3) is 0 Å². The van der Waals surface area contributed by atoms with Gasteiger partial charge in [0.2, 0.25) is 0 Å². The molecular formula is C12H21N3O. The Morgan fingerprint density at radius 2 is 2.12 bits per heavy atom. The van der Waals surface area contributed by atoms with Crippen molar-refractivity contribution in [2.45, 2.75) is 45.9 Å². The van der Waals surface area contributed by atoms with Gasteiger partial charge in [-0.25, -0.2) is 0 Å². The molecule has 0 fully saturated rings. The average Bonchev–Trinajstić information content (AvgIpc) is 2.73. The van der Waals surface area contributed by atoms with Gasteiger partial charge in [-0.2, -0.15) is 5.10 Å². The minimum absolute atomic E-state index is 0.227. The van der Waals surface area contributed by atoms with Crippen LogP contribution in [0.1, 0.15) is 32.0 Å². The molecule has 0 atom stereocenters. The van der Waals surface area contributed by atoms with Gasteiger partial charge in [0.1, 0.15) is 0 Å². The van der Waals surface area contributed by atoms with Crippen LogP contribution < -0.4 is 0 Å². The zero-order valence-electron chi connectivity index (χ0n) is 10.7. The predicted molar refractivity (Wildman–Crippen MR) is 63.1 cm³/mol. The third-order valence-corrected chi connectivity index (χ3v) is 3.19. The van der Waals surface area contributed by atoms with Crippen molar-refractivity contribution >= 4 is 0 Å². The molecule has 1 aromatic heterocycles. The normalized spacial score (nSPS) is 16.8. The first-order valence-electron chi connectivity index (χ1n) is 5.80. The van der Waals surface area contributed by atoms with Crippen molar-refractivity contribution in [2.75, 3.05) is 13.7 Å². The van der Waals surface area contributed by atoms with Crippen LogP contribution >= 0.6 is 0 Å². The fraction of sp³-hybridized carbons (Fsp3) is 0.750. The van der Waals surface area contributed by atoms with E-state index in [9.17, 15) is 0 Å². The molecule has 4 heteroatoms. The molecule has 1 aliphatic rings. The lowest BCUT2D eigenvalue weighted by atomic mass is 10.1. The first-order chi connectivity index (χ1) is 7.52. The van der Waals surface area contributed by atoms with E-state index >= 15 is 0 Å². The van der Waals surface area contributed by atoms with E-state index in [2.05, 4.69) is 35.5 Å². The van der Waals surface area contributed by atoms with E-state index in [-0.39, 0.29) is 5.54 Å². The summed E-state index contributed by atoms with van der Waals surface area (Å²) in [5.74, 6) is 0. The van der Waals surface area contributed by atoms with Crippen LogP contribution in [0, 0.1) is 0 Å². The highest BCUT2D eigenvalue weighted by atomic mass is 16.5. The highest BCUT2D eigenvalue weighted by Crippen LogP contribution is 2.28. The standard InChI is InChI=1S/C12H21N3O/c1-12(2,3)14-8-10-7-13-15(5-6-16-4)11(10)9-14/h7H,5-6,8-9H2,1-4H3. The Morgan fingerprint density at radius 1 is 1.38 bits per heavy atom. The molecule has 0 aliphatic carbocycles. The zero-order chi connectivity index (χ0) is 11.8. The summed E-state index contributed by atoms with van der Waals surface area (Å²) in [7, 11) is 1.73. The Kier molecular flexibility index (Phi) is 3.04. The molecule has 1 aliphatic heterocycles. The van der Waals surface area contributed by atoms with E-state index in [4.69, 9.17) is 4.74 Å². The molecular weight excluding hydrogens is 202 g/mol. The second-order valence-electron chi connectivity index (χ2n) is 5.36. The molecule has 2 heterocycles. The number of nitrogens with zero attached hydrogens (tertiary/aromatic N) is 3. The summed E-state index contributed by atoms with van der Waals surface area (Å²) in [4.78, 5) is 2.47. The minimum Gasteiger partial charge on any atom is -0.383 e. The van der Waals surface area contributed by atoms with Gasteiger partial charge < -0.3 is 4.74 Å². The summed E-state index contributed by atoms with van der Waals surface area (Å²) in [6.45, 7) is 10.4. The minimum atomic E-state index is 0.227. The van der Waals surface area contributed by atoms with Crippen LogP contribution in [0.2, 0.25) is 0 Å². The molecule has 0 saturated carbocycles. The van der Waals surface area contributed by atoms with E-state index in [1.165, 1.54) is 11.3 Å². The largest absolute Gasteiger partial charge is 0.383 e. The molecule has 0 unspecified atom stereocenters. The Bertz CT molecular complexity index is 365. The highest BCUT2D eigenvalue weighted by Gasteiger charge is 2.30. The molecule has 0 aromatic carbocycles. The van der Waals surface area contributed by atoms with Crippen LogP contribution in [-0.2, 0) is 24.4 Å². The summed E-state index contributed by atoms with van der Waals surface area (Å²) in [5.41, 5.74) is 2.95. The molecule has 0 spiro atoms. The SMILES string of the molecule is COCCn1ncc2c1CN(C(C)(C)C)C2. The first kappa shape index (κ1) is 11.6. The van der Waals surface area contributed by atoms with Crippen LogP contribution in [-0.4, -0.2) is 33.9 Å². The Morgan fingerprint density at radius 3 is 2.75 bits per heavy atom. The second-order valence-corrected chi connectivity index (χ2v) is 5.36. The van der Waals surface area contributed by atoms with Gasteiger partial charge in [0.15, 0.2) is 0 Å². The van der Waals surface area contributed by atoms with Crippen molar-refractivity contribution in [1.29, 1.82) is 0 Å². The lowest BCUT2D eigenvalue weighted by molar-refractivity contribution is 0.131. The van der Waals surface area contributed by atoms with Gasteiger partial charge in [0, 0.05) is 31.3 Å². The summed E-state index contributed by atoms with van der Waals surface area (Å²) in [6.07, 6.45) is 2.00. The van der Waals surface area contributed by atoms with Gasteiger partial charge in [-0.3, -0.25) is 9.58 Å². The number of methoxy groups -OCH3 is 1. The van der Waals surface area contributed by atoms with E-state index in [1.807, 2.05) is 6.20 Å². The van der Waals surface area contributed by atoms with Crippen molar-refractivity contribution in [1.82, 2.24) is 14.7 Å². The molecule has 2 rings (SSSR count). The Labute approximate surface area is 97.2 Å². The lowest BCUT2D eigenvalue weighted by Gasteiger charge is -2.31. The molecule has 90 valence electrons. The second kappa shape index (κ2) is 4.18. The highest BCUT2D eigenvalue weighted by molar-refractivity contribution is 5.22. The number of hydrogen-bond donors (Lipinski definition) is 0. The molecule has 0 radical (unpaired) electrons. The number of ether oxygens (including phenoxy) is 1. The van der Waals surface area contributed by atoms with E-state index in [0.29, 0.717) is 0 Å². The third kappa shape index (κ3) is 2.13. The quantitative estimate of drug-likeness (QED) is 0.780. The first-order valence-corrected chi connectivity index (χ1v) is 5.80. The average molecular weight is 223 g/mol. The summed E-state index contributed by atoms with van der Waals surface area (Å²) in [6, 6.07) is 0. The maximum absolute atomic E-state index is 5.09. The zero-order valence-corrected chi connectivity index (χ0v) is 10.7. The Hall–Kier alpha value is -0.870. The number of hydrogen-bond acceptors (Lipinski definition) is 3. The fourth-order valence-electron chi connectivity index (χ4n) is 2.05. The molecule has 1 aromatic rings. The molecule has 0 amide bonds. The van der Waals surface area contributed by atoms with Crippen molar-refractivity contribution in [3.05, 3.63) is 17.5 Å². The summed E-state index contributed by atoms with van der Waals surface area (Å²) >= 11 is 0. The van der Waals surface area contributed by atoms with Crippen LogP contribution in [0.3, 0.4) is 0 Å². The van der Waals surface area contributed by atoms with E-state index < -0.39 is 0 Å². The molecule has 0 saturated heterocycles.